The summed E-state index contributed by atoms with van der Waals surface area (Å²) in [5.41, 5.74) is -0.225. The zero-order chi connectivity index (χ0) is 21.5. The average Bonchev–Trinajstić information content (AvgIpc) is 2.98. The summed E-state index contributed by atoms with van der Waals surface area (Å²) in [7, 11) is -3.46. The minimum atomic E-state index is -4.41. The number of benzene rings is 2. The molecule has 2 aliphatic rings. The van der Waals surface area contributed by atoms with Crippen molar-refractivity contribution in [1.29, 1.82) is 0 Å². The van der Waals surface area contributed by atoms with Crippen LogP contribution in [0.3, 0.4) is 0 Å². The van der Waals surface area contributed by atoms with Crippen LogP contribution in [0.15, 0.2) is 59.5 Å². The Hall–Kier alpha value is -2.35. The third kappa shape index (κ3) is 3.97. The molecule has 2 saturated heterocycles. The molecule has 2 atom stereocenters. The van der Waals surface area contributed by atoms with Crippen LogP contribution in [0.2, 0.25) is 0 Å². The fourth-order valence-corrected chi connectivity index (χ4v) is 6.54. The molecule has 0 spiro atoms. The van der Waals surface area contributed by atoms with Crippen molar-refractivity contribution in [2.24, 2.45) is 0 Å². The van der Waals surface area contributed by atoms with Crippen molar-refractivity contribution in [3.63, 3.8) is 0 Å². The van der Waals surface area contributed by atoms with E-state index in [1.165, 1.54) is 12.1 Å². The van der Waals surface area contributed by atoms with Gasteiger partial charge in [-0.05, 0) is 55.5 Å². The molecular formula is C22H22F3NO3S. The van der Waals surface area contributed by atoms with E-state index < -0.39 is 26.8 Å². The fourth-order valence-electron chi connectivity index (χ4n) is 4.67. The number of hydrogen-bond acceptors (Lipinski definition) is 3. The Kier molecular flexibility index (Phi) is 5.38. The fraction of sp³-hybridized carbons (Fsp3) is 0.409. The molecule has 2 aromatic carbocycles. The molecule has 0 aliphatic carbocycles. The van der Waals surface area contributed by atoms with Gasteiger partial charge in [-0.2, -0.15) is 13.2 Å². The molecule has 4 rings (SSSR count). The van der Waals surface area contributed by atoms with Gasteiger partial charge in [0.2, 0.25) is 5.91 Å². The monoisotopic (exact) mass is 437 g/mol. The molecular weight excluding hydrogens is 415 g/mol. The van der Waals surface area contributed by atoms with Crippen molar-refractivity contribution in [3.8, 4) is 0 Å². The number of fused-ring (bicyclic) bond motifs is 2. The highest BCUT2D eigenvalue weighted by Crippen LogP contribution is 2.40. The molecule has 0 aromatic heterocycles. The van der Waals surface area contributed by atoms with E-state index in [9.17, 15) is 26.4 Å². The lowest BCUT2D eigenvalue weighted by molar-refractivity contribution is -0.137. The second-order valence-electron chi connectivity index (χ2n) is 8.01. The Morgan fingerprint density at radius 3 is 2.03 bits per heavy atom. The van der Waals surface area contributed by atoms with Gasteiger partial charge in [-0.15, -0.1) is 0 Å². The number of alkyl halides is 3. The second-order valence-corrected chi connectivity index (χ2v) is 10.2. The average molecular weight is 437 g/mol. The maximum atomic E-state index is 13.0. The van der Waals surface area contributed by atoms with Gasteiger partial charge in [0.15, 0.2) is 9.84 Å². The summed E-state index contributed by atoms with van der Waals surface area (Å²) in [5, 5.41) is -0.521. The first-order valence-electron chi connectivity index (χ1n) is 9.92. The number of sulfone groups is 1. The lowest BCUT2D eigenvalue weighted by atomic mass is 10.0. The lowest BCUT2D eigenvalue weighted by Crippen LogP contribution is -2.50. The summed E-state index contributed by atoms with van der Waals surface area (Å²) in [6.07, 6.45) is -2.09. The third-order valence-electron chi connectivity index (χ3n) is 6.13. The molecule has 2 aliphatic heterocycles. The van der Waals surface area contributed by atoms with Crippen molar-refractivity contribution >= 4 is 15.7 Å². The Morgan fingerprint density at radius 2 is 1.50 bits per heavy atom. The molecule has 0 unspecified atom stereocenters. The molecule has 0 radical (unpaired) electrons. The van der Waals surface area contributed by atoms with Crippen LogP contribution >= 0.6 is 0 Å². The summed E-state index contributed by atoms with van der Waals surface area (Å²) >= 11 is 0. The van der Waals surface area contributed by atoms with Crippen LogP contribution < -0.4 is 0 Å². The van der Waals surface area contributed by atoms with E-state index in [0.29, 0.717) is 23.3 Å². The van der Waals surface area contributed by atoms with Crippen LogP contribution in [0.4, 0.5) is 13.2 Å². The van der Waals surface area contributed by atoms with E-state index in [-0.39, 0.29) is 24.4 Å². The van der Waals surface area contributed by atoms with Crippen LogP contribution in [-0.4, -0.2) is 36.6 Å². The topological polar surface area (TPSA) is 54.5 Å². The lowest BCUT2D eigenvalue weighted by Gasteiger charge is -2.38. The van der Waals surface area contributed by atoms with Gasteiger partial charge < -0.3 is 4.90 Å². The van der Waals surface area contributed by atoms with E-state index in [0.717, 1.165) is 25.0 Å². The third-order valence-corrected chi connectivity index (χ3v) is 8.32. The zero-order valence-corrected chi connectivity index (χ0v) is 17.0. The number of nitrogens with zero attached hydrogens (tertiary/aromatic N) is 1. The van der Waals surface area contributed by atoms with Gasteiger partial charge in [-0.3, -0.25) is 4.79 Å². The van der Waals surface area contributed by atoms with Crippen molar-refractivity contribution in [3.05, 3.63) is 65.7 Å². The molecule has 0 saturated carbocycles. The Bertz CT molecular complexity index is 1010. The van der Waals surface area contributed by atoms with Crippen LogP contribution in [0, 0.1) is 0 Å². The van der Waals surface area contributed by atoms with Crippen molar-refractivity contribution in [2.45, 2.75) is 60.5 Å². The van der Waals surface area contributed by atoms with Crippen molar-refractivity contribution in [2.75, 3.05) is 0 Å². The Labute approximate surface area is 173 Å². The highest BCUT2D eigenvalue weighted by atomic mass is 32.2. The van der Waals surface area contributed by atoms with Gasteiger partial charge in [-0.1, -0.05) is 30.3 Å². The van der Waals surface area contributed by atoms with E-state index in [1.807, 2.05) is 0 Å². The minimum absolute atomic E-state index is 0.0151. The van der Waals surface area contributed by atoms with E-state index in [1.54, 1.807) is 35.2 Å². The number of carbonyl (C=O) groups is 1. The van der Waals surface area contributed by atoms with Crippen LogP contribution in [0.1, 0.15) is 36.8 Å². The van der Waals surface area contributed by atoms with Gasteiger partial charge in [-0.25, -0.2) is 8.42 Å². The quantitative estimate of drug-likeness (QED) is 0.719. The molecule has 2 bridgehead atoms. The number of amides is 1. The molecule has 2 heterocycles. The standard InChI is InChI=1S/C22H22F3NO3S/c23-22(24,25)16-8-6-15(7-9-16)12-21(27)26-17-10-11-18(26)14-20(13-17)30(28,29)19-4-2-1-3-5-19/h1-9,17-18,20H,10-14H2/t17-,18-/m1/s1. The van der Waals surface area contributed by atoms with Gasteiger partial charge in [0.05, 0.1) is 22.1 Å². The smallest absolute Gasteiger partial charge is 0.336 e. The SMILES string of the molecule is O=C(Cc1ccc(C(F)(F)F)cc1)N1[C@@H]2CC[C@@H]1CC(S(=O)(=O)c1ccccc1)C2. The molecule has 4 nitrogen and oxygen atoms in total. The van der Waals surface area contributed by atoms with Crippen molar-refractivity contribution in [1.82, 2.24) is 4.90 Å². The summed E-state index contributed by atoms with van der Waals surface area (Å²) in [6, 6.07) is 12.7. The number of rotatable bonds is 4. The Balaban J connectivity index is 1.46. The number of hydrogen-bond donors (Lipinski definition) is 0. The zero-order valence-electron chi connectivity index (χ0n) is 16.2. The normalized spacial score (nSPS) is 24.1. The molecule has 8 heteroatoms. The first-order valence-corrected chi connectivity index (χ1v) is 11.5. The molecule has 160 valence electrons. The first kappa shape index (κ1) is 20.9. The second kappa shape index (κ2) is 7.72. The van der Waals surface area contributed by atoms with E-state index in [4.69, 9.17) is 0 Å². The number of piperidine rings is 1. The molecule has 2 aromatic rings. The van der Waals surface area contributed by atoms with Gasteiger partial charge in [0.25, 0.3) is 0 Å². The predicted molar refractivity (Wildman–Crippen MR) is 105 cm³/mol. The molecule has 1 amide bonds. The summed E-state index contributed by atoms with van der Waals surface area (Å²) in [4.78, 5) is 15.0. The van der Waals surface area contributed by atoms with Crippen LogP contribution in [0.25, 0.3) is 0 Å². The maximum Gasteiger partial charge on any atom is 0.416 e. The molecule has 2 fully saturated rings. The highest BCUT2D eigenvalue weighted by Gasteiger charge is 2.47. The summed E-state index contributed by atoms with van der Waals surface area (Å²) < 4.78 is 64.1. The first-order chi connectivity index (χ1) is 14.2. The van der Waals surface area contributed by atoms with Gasteiger partial charge >= 0.3 is 6.18 Å². The van der Waals surface area contributed by atoms with Crippen molar-refractivity contribution < 1.29 is 26.4 Å². The predicted octanol–water partition coefficient (Wildman–Crippen LogP) is 4.24. The Morgan fingerprint density at radius 1 is 0.933 bits per heavy atom. The van der Waals surface area contributed by atoms with Gasteiger partial charge in [0, 0.05) is 12.1 Å². The maximum absolute atomic E-state index is 13.0. The van der Waals surface area contributed by atoms with E-state index in [2.05, 4.69) is 0 Å². The minimum Gasteiger partial charge on any atom is -0.336 e. The number of halogens is 3. The van der Waals surface area contributed by atoms with Crippen LogP contribution in [-0.2, 0) is 27.2 Å². The van der Waals surface area contributed by atoms with Gasteiger partial charge in [0.1, 0.15) is 0 Å². The van der Waals surface area contributed by atoms with Crippen LogP contribution in [0.5, 0.6) is 0 Å². The summed E-state index contributed by atoms with van der Waals surface area (Å²) in [5.74, 6) is -0.155. The largest absolute Gasteiger partial charge is 0.416 e. The number of carbonyl (C=O) groups excluding carboxylic acids is 1. The summed E-state index contributed by atoms with van der Waals surface area (Å²) in [6.45, 7) is 0. The molecule has 30 heavy (non-hydrogen) atoms. The highest BCUT2D eigenvalue weighted by molar-refractivity contribution is 7.92. The molecule has 0 N–H and O–H groups in total. The van der Waals surface area contributed by atoms with E-state index >= 15 is 0 Å².